The smallest absolute Gasteiger partial charge is 0.407 e. The zero-order valence-electron chi connectivity index (χ0n) is 17.5. The number of nitrogens with one attached hydrogen (secondary N) is 2. The third-order valence-corrected chi connectivity index (χ3v) is 5.21. The van der Waals surface area contributed by atoms with Gasteiger partial charge in [-0.3, -0.25) is 9.63 Å². The second-order valence-corrected chi connectivity index (χ2v) is 7.38. The van der Waals surface area contributed by atoms with Crippen molar-refractivity contribution in [1.29, 1.82) is 0 Å². The van der Waals surface area contributed by atoms with Crippen LogP contribution in [0.2, 0.25) is 0 Å². The molecule has 2 aromatic rings. The van der Waals surface area contributed by atoms with Crippen molar-refractivity contribution < 1.29 is 29.1 Å². The first-order chi connectivity index (χ1) is 14.9. The maximum absolute atomic E-state index is 12.4. The first-order valence-electron chi connectivity index (χ1n) is 10.2. The lowest BCUT2D eigenvalue weighted by Gasteiger charge is -2.19. The van der Waals surface area contributed by atoms with Gasteiger partial charge in [-0.05, 0) is 35.6 Å². The number of alkyl carbamates (subject to hydrolysis) is 1. The van der Waals surface area contributed by atoms with Gasteiger partial charge in [0.2, 0.25) is 0 Å². The number of hydroxylamine groups is 1. The van der Waals surface area contributed by atoms with Crippen molar-refractivity contribution in [3.05, 3.63) is 59.7 Å². The topological polar surface area (TPSA) is 114 Å². The number of carboxylic acid groups (broad SMARTS) is 1. The molecular weight excluding hydrogens is 400 g/mol. The summed E-state index contributed by atoms with van der Waals surface area (Å²) in [6, 6.07) is 15.1. The van der Waals surface area contributed by atoms with Crippen molar-refractivity contribution in [3.63, 3.8) is 0 Å². The van der Waals surface area contributed by atoms with Crippen molar-refractivity contribution in [2.24, 2.45) is 0 Å². The highest BCUT2D eigenvalue weighted by Crippen LogP contribution is 2.44. The Labute approximate surface area is 180 Å². The summed E-state index contributed by atoms with van der Waals surface area (Å²) < 4.78 is 5.47. The van der Waals surface area contributed by atoms with E-state index in [2.05, 4.69) is 10.8 Å². The maximum atomic E-state index is 12.4. The summed E-state index contributed by atoms with van der Waals surface area (Å²) in [4.78, 5) is 40.3. The summed E-state index contributed by atoms with van der Waals surface area (Å²) in [7, 11) is 0. The molecule has 0 bridgehead atoms. The molecule has 2 aromatic carbocycles. The van der Waals surface area contributed by atoms with Gasteiger partial charge in [0.1, 0.15) is 12.6 Å². The number of amides is 2. The summed E-state index contributed by atoms with van der Waals surface area (Å²) >= 11 is 0. The van der Waals surface area contributed by atoms with E-state index in [9.17, 15) is 14.4 Å². The van der Waals surface area contributed by atoms with Crippen LogP contribution >= 0.6 is 0 Å². The van der Waals surface area contributed by atoms with Crippen molar-refractivity contribution in [2.45, 2.75) is 44.8 Å². The van der Waals surface area contributed by atoms with Gasteiger partial charge in [0, 0.05) is 5.92 Å². The van der Waals surface area contributed by atoms with Gasteiger partial charge < -0.3 is 15.2 Å². The number of carbonyl (C=O) groups excluding carboxylic acids is 2. The van der Waals surface area contributed by atoms with E-state index in [0.29, 0.717) is 12.8 Å². The predicted molar refractivity (Wildman–Crippen MR) is 113 cm³/mol. The molecule has 1 unspecified atom stereocenters. The van der Waals surface area contributed by atoms with Gasteiger partial charge in [0.05, 0.1) is 0 Å². The Hall–Kier alpha value is -3.39. The molecule has 3 N–H and O–H groups in total. The van der Waals surface area contributed by atoms with Gasteiger partial charge in [-0.25, -0.2) is 15.1 Å². The van der Waals surface area contributed by atoms with Crippen LogP contribution in [0, 0.1) is 0 Å². The molecule has 0 radical (unpaired) electrons. The molecule has 164 valence electrons. The zero-order valence-corrected chi connectivity index (χ0v) is 17.5. The number of benzene rings is 2. The Balaban J connectivity index is 1.61. The summed E-state index contributed by atoms with van der Waals surface area (Å²) in [6.07, 6.45) is -0.959. The van der Waals surface area contributed by atoms with Crippen molar-refractivity contribution >= 4 is 18.0 Å². The SMILES string of the molecule is CCC[C@H](NC(=O)OCC1c2ccccc2-c2ccccc21)C(=O)NOC(C)C(=O)O. The molecule has 3 rings (SSSR count). The van der Waals surface area contributed by atoms with E-state index in [1.165, 1.54) is 6.92 Å². The Morgan fingerprint density at radius 1 is 1.03 bits per heavy atom. The molecule has 0 spiro atoms. The molecule has 8 heteroatoms. The molecule has 8 nitrogen and oxygen atoms in total. The molecule has 1 aliphatic carbocycles. The summed E-state index contributed by atoms with van der Waals surface area (Å²) in [6.45, 7) is 3.28. The van der Waals surface area contributed by atoms with Crippen molar-refractivity contribution in [2.75, 3.05) is 6.61 Å². The fourth-order valence-electron chi connectivity index (χ4n) is 3.61. The third-order valence-electron chi connectivity index (χ3n) is 5.21. The highest BCUT2D eigenvalue weighted by molar-refractivity contribution is 5.85. The van der Waals surface area contributed by atoms with Gasteiger partial charge in [-0.1, -0.05) is 61.9 Å². The number of fused-ring (bicyclic) bond motifs is 3. The number of carbonyl (C=O) groups is 3. The van der Waals surface area contributed by atoms with E-state index in [-0.39, 0.29) is 12.5 Å². The average Bonchev–Trinajstić information content (AvgIpc) is 3.09. The molecule has 0 aliphatic heterocycles. The minimum absolute atomic E-state index is 0.0867. The van der Waals surface area contributed by atoms with E-state index in [1.54, 1.807) is 0 Å². The monoisotopic (exact) mass is 426 g/mol. The molecule has 31 heavy (non-hydrogen) atoms. The average molecular weight is 426 g/mol. The second-order valence-electron chi connectivity index (χ2n) is 7.38. The normalized spacial score (nSPS) is 14.1. The Kier molecular flexibility index (Phi) is 7.25. The lowest BCUT2D eigenvalue weighted by atomic mass is 9.98. The van der Waals surface area contributed by atoms with E-state index < -0.39 is 30.1 Å². The van der Waals surface area contributed by atoms with Crippen LogP contribution in [0.15, 0.2) is 48.5 Å². The quantitative estimate of drug-likeness (QED) is 0.531. The van der Waals surface area contributed by atoms with Crippen LogP contribution in [0.5, 0.6) is 0 Å². The molecule has 1 aliphatic rings. The fourth-order valence-corrected chi connectivity index (χ4v) is 3.61. The van der Waals surface area contributed by atoms with Gasteiger partial charge in [-0.2, -0.15) is 0 Å². The maximum Gasteiger partial charge on any atom is 0.407 e. The Morgan fingerprint density at radius 3 is 2.16 bits per heavy atom. The fraction of sp³-hybridized carbons (Fsp3) is 0.348. The minimum atomic E-state index is -1.21. The van der Waals surface area contributed by atoms with Crippen molar-refractivity contribution in [3.8, 4) is 11.1 Å². The first kappa shape index (κ1) is 22.3. The number of hydrogen-bond donors (Lipinski definition) is 3. The van der Waals surface area contributed by atoms with Gasteiger partial charge in [0.25, 0.3) is 5.91 Å². The van der Waals surface area contributed by atoms with Crippen LogP contribution in [-0.4, -0.2) is 41.8 Å². The Morgan fingerprint density at radius 2 is 1.61 bits per heavy atom. The highest BCUT2D eigenvalue weighted by Gasteiger charge is 2.30. The molecule has 0 heterocycles. The summed E-state index contributed by atoms with van der Waals surface area (Å²) in [5.41, 5.74) is 6.52. The van der Waals surface area contributed by atoms with E-state index in [1.807, 2.05) is 55.5 Å². The molecule has 2 amide bonds. The van der Waals surface area contributed by atoms with Gasteiger partial charge >= 0.3 is 12.1 Å². The summed E-state index contributed by atoms with van der Waals surface area (Å²) in [5.74, 6) is -1.93. The van der Waals surface area contributed by atoms with Crippen LogP contribution in [0.3, 0.4) is 0 Å². The summed E-state index contributed by atoms with van der Waals surface area (Å²) in [5, 5.41) is 11.4. The molecule has 0 aromatic heterocycles. The molecular formula is C23H26N2O6. The zero-order chi connectivity index (χ0) is 22.4. The molecule has 2 atom stereocenters. The van der Waals surface area contributed by atoms with Gasteiger partial charge in [0.15, 0.2) is 6.10 Å². The molecule has 0 saturated heterocycles. The molecule has 0 saturated carbocycles. The first-order valence-corrected chi connectivity index (χ1v) is 10.2. The second kappa shape index (κ2) is 10.1. The van der Waals surface area contributed by atoms with Crippen LogP contribution in [-0.2, 0) is 19.2 Å². The van der Waals surface area contributed by atoms with Crippen LogP contribution < -0.4 is 10.8 Å². The van der Waals surface area contributed by atoms with Crippen LogP contribution in [0.4, 0.5) is 4.79 Å². The van der Waals surface area contributed by atoms with E-state index >= 15 is 0 Å². The van der Waals surface area contributed by atoms with E-state index in [0.717, 1.165) is 22.3 Å². The predicted octanol–water partition coefficient (Wildman–Crippen LogP) is 3.21. The van der Waals surface area contributed by atoms with Gasteiger partial charge in [-0.15, -0.1) is 0 Å². The lowest BCUT2D eigenvalue weighted by molar-refractivity contribution is -0.159. The number of hydrogen-bond acceptors (Lipinski definition) is 5. The number of ether oxygens (including phenoxy) is 1. The number of aliphatic carboxylic acids is 1. The van der Waals surface area contributed by atoms with E-state index in [4.69, 9.17) is 14.7 Å². The molecule has 0 fully saturated rings. The number of carboxylic acids is 1. The number of rotatable bonds is 9. The highest BCUT2D eigenvalue weighted by atomic mass is 16.7. The van der Waals surface area contributed by atoms with Crippen LogP contribution in [0.25, 0.3) is 11.1 Å². The largest absolute Gasteiger partial charge is 0.479 e. The third kappa shape index (κ3) is 5.21. The standard InChI is InChI=1S/C23H26N2O6/c1-3-8-20(21(26)25-31-14(2)22(27)28)24-23(29)30-13-19-17-11-6-4-9-15(17)16-10-5-7-12-18(16)19/h4-7,9-12,14,19-20H,3,8,13H2,1-2H3,(H,24,29)(H,25,26)(H,27,28)/t14?,20-/m0/s1. The van der Waals surface area contributed by atoms with Crippen LogP contribution in [0.1, 0.15) is 43.7 Å². The Bertz CT molecular complexity index is 915. The minimum Gasteiger partial charge on any atom is -0.479 e. The van der Waals surface area contributed by atoms with Crippen molar-refractivity contribution in [1.82, 2.24) is 10.8 Å². The lowest BCUT2D eigenvalue weighted by Crippen LogP contribution is -2.48.